The number of furan rings is 1. The van der Waals surface area contributed by atoms with Gasteiger partial charge in [0.15, 0.2) is 0 Å². The number of benzene rings is 2. The molecule has 1 N–H and O–H groups in total. The van der Waals surface area contributed by atoms with Crippen LogP contribution >= 0.6 is 0 Å². The average Bonchev–Trinajstić information content (AvgIpc) is 3.26. The van der Waals surface area contributed by atoms with Crippen molar-refractivity contribution in [2.24, 2.45) is 0 Å². The van der Waals surface area contributed by atoms with E-state index >= 15 is 0 Å². The summed E-state index contributed by atoms with van der Waals surface area (Å²) in [7, 11) is -3.86. The van der Waals surface area contributed by atoms with E-state index in [1.165, 1.54) is 12.3 Å². The fourth-order valence-corrected chi connectivity index (χ4v) is 4.00. The average molecular weight is 425 g/mol. The summed E-state index contributed by atoms with van der Waals surface area (Å²) in [4.78, 5) is 12.6. The van der Waals surface area contributed by atoms with Crippen LogP contribution in [0.25, 0.3) is 6.08 Å². The van der Waals surface area contributed by atoms with Gasteiger partial charge >= 0.3 is 0 Å². The molecule has 1 amide bonds. The first-order valence-corrected chi connectivity index (χ1v) is 11.0. The van der Waals surface area contributed by atoms with Crippen LogP contribution in [0.2, 0.25) is 0 Å². The van der Waals surface area contributed by atoms with Crippen molar-refractivity contribution in [2.75, 3.05) is 6.54 Å². The van der Waals surface area contributed by atoms with E-state index in [2.05, 4.69) is 5.32 Å². The fraction of sp³-hybridized carbons (Fsp3) is 0.174. The van der Waals surface area contributed by atoms with Crippen molar-refractivity contribution in [1.82, 2.24) is 9.62 Å². The largest absolute Gasteiger partial charge is 0.468 e. The molecule has 0 aliphatic rings. The maximum Gasteiger partial charge on any atom is 0.237 e. The van der Waals surface area contributed by atoms with Gasteiger partial charge in [0.25, 0.3) is 0 Å². The molecule has 3 aromatic rings. The lowest BCUT2D eigenvalue weighted by Gasteiger charge is -2.21. The lowest BCUT2D eigenvalue weighted by molar-refractivity contribution is -0.122. The molecular formula is C23H24N2O4S. The molecule has 0 aliphatic carbocycles. The van der Waals surface area contributed by atoms with Crippen LogP contribution in [0.15, 0.2) is 88.9 Å². The van der Waals surface area contributed by atoms with Gasteiger partial charge in [-0.05, 0) is 36.3 Å². The normalized spacial score (nSPS) is 12.9. The number of carbonyl (C=O) groups is 1. The second-order valence-electron chi connectivity index (χ2n) is 6.81. The molecule has 30 heavy (non-hydrogen) atoms. The molecular weight excluding hydrogens is 400 g/mol. The number of nitrogens with one attached hydrogen (secondary N) is 1. The van der Waals surface area contributed by atoms with Crippen molar-refractivity contribution < 1.29 is 17.6 Å². The molecule has 0 radical (unpaired) electrons. The van der Waals surface area contributed by atoms with E-state index in [1.54, 1.807) is 24.3 Å². The van der Waals surface area contributed by atoms with Crippen molar-refractivity contribution in [2.45, 2.75) is 19.5 Å². The zero-order valence-corrected chi connectivity index (χ0v) is 17.5. The monoisotopic (exact) mass is 424 g/mol. The van der Waals surface area contributed by atoms with E-state index in [9.17, 15) is 13.2 Å². The van der Waals surface area contributed by atoms with E-state index in [4.69, 9.17) is 4.42 Å². The van der Waals surface area contributed by atoms with Gasteiger partial charge in [-0.15, -0.1) is 0 Å². The van der Waals surface area contributed by atoms with Gasteiger partial charge in [-0.2, -0.15) is 4.31 Å². The van der Waals surface area contributed by atoms with Crippen LogP contribution in [0.4, 0.5) is 0 Å². The van der Waals surface area contributed by atoms with Crippen molar-refractivity contribution in [3.8, 4) is 0 Å². The van der Waals surface area contributed by atoms with Gasteiger partial charge in [-0.3, -0.25) is 4.79 Å². The summed E-state index contributed by atoms with van der Waals surface area (Å²) in [6.45, 7) is 1.49. The molecule has 1 unspecified atom stereocenters. The molecule has 0 aliphatic heterocycles. The molecule has 1 aromatic heterocycles. The molecule has 3 rings (SSSR count). The molecule has 0 saturated heterocycles. The Labute approximate surface area is 176 Å². The van der Waals surface area contributed by atoms with Gasteiger partial charge in [-0.1, -0.05) is 60.7 Å². The fourth-order valence-electron chi connectivity index (χ4n) is 2.90. The van der Waals surface area contributed by atoms with E-state index in [0.717, 1.165) is 20.8 Å². The Morgan fingerprint density at radius 1 is 1.03 bits per heavy atom. The number of carbonyl (C=O) groups excluding carboxylic acids is 1. The first-order chi connectivity index (χ1) is 14.4. The zero-order chi connectivity index (χ0) is 21.4. The van der Waals surface area contributed by atoms with Crippen molar-refractivity contribution in [3.63, 3.8) is 0 Å². The highest BCUT2D eigenvalue weighted by Gasteiger charge is 2.24. The van der Waals surface area contributed by atoms with Gasteiger partial charge in [0.05, 0.1) is 25.4 Å². The Balaban J connectivity index is 1.74. The SMILES string of the molecule is CC(NC(=O)CN(Cc1ccco1)S(=O)(=O)/C=C/c1ccccc1)c1ccccc1. The third kappa shape index (κ3) is 6.17. The molecule has 0 fully saturated rings. The first-order valence-electron chi connectivity index (χ1n) is 9.54. The summed E-state index contributed by atoms with van der Waals surface area (Å²) in [5.41, 5.74) is 1.69. The lowest BCUT2D eigenvalue weighted by atomic mass is 10.1. The summed E-state index contributed by atoms with van der Waals surface area (Å²) in [5.74, 6) is 0.0604. The Morgan fingerprint density at radius 2 is 1.70 bits per heavy atom. The molecule has 0 spiro atoms. The Hall–Kier alpha value is -3.16. The van der Waals surface area contributed by atoms with Crippen molar-refractivity contribution in [3.05, 3.63) is 101 Å². The van der Waals surface area contributed by atoms with Crippen LogP contribution in [0.3, 0.4) is 0 Å². The molecule has 1 atom stereocenters. The van der Waals surface area contributed by atoms with Crippen LogP contribution in [-0.2, 0) is 21.4 Å². The molecule has 2 aromatic carbocycles. The topological polar surface area (TPSA) is 79.6 Å². The van der Waals surface area contributed by atoms with Gasteiger partial charge in [0.2, 0.25) is 15.9 Å². The van der Waals surface area contributed by atoms with Crippen LogP contribution < -0.4 is 5.32 Å². The number of hydrogen-bond donors (Lipinski definition) is 1. The first kappa shape index (κ1) is 21.5. The summed E-state index contributed by atoms with van der Waals surface area (Å²) in [5, 5.41) is 3.96. The summed E-state index contributed by atoms with van der Waals surface area (Å²) < 4.78 is 32.3. The molecule has 1 heterocycles. The predicted molar refractivity (Wildman–Crippen MR) is 117 cm³/mol. The minimum absolute atomic E-state index is 0.0401. The van der Waals surface area contributed by atoms with Gasteiger partial charge in [-0.25, -0.2) is 8.42 Å². The van der Waals surface area contributed by atoms with Crippen molar-refractivity contribution >= 4 is 22.0 Å². The third-order valence-electron chi connectivity index (χ3n) is 4.50. The number of rotatable bonds is 9. The number of sulfonamides is 1. The standard InChI is InChI=1S/C23H24N2O4S/c1-19(21-11-6-3-7-12-21)24-23(26)18-25(17-22-13-8-15-29-22)30(27,28)16-14-20-9-4-2-5-10-20/h2-16,19H,17-18H2,1H3,(H,24,26)/b16-14+. The minimum atomic E-state index is -3.86. The van der Waals surface area contributed by atoms with E-state index in [-0.39, 0.29) is 19.1 Å². The second kappa shape index (κ2) is 10.0. The Kier molecular flexibility index (Phi) is 7.21. The number of amides is 1. The van der Waals surface area contributed by atoms with Gasteiger partial charge in [0, 0.05) is 5.41 Å². The maximum absolute atomic E-state index is 12.9. The molecule has 156 valence electrons. The van der Waals surface area contributed by atoms with Crippen LogP contribution in [0, 0.1) is 0 Å². The predicted octanol–water partition coefficient (Wildman–Crippen LogP) is 3.96. The highest BCUT2D eigenvalue weighted by molar-refractivity contribution is 7.92. The van der Waals surface area contributed by atoms with E-state index < -0.39 is 15.9 Å². The van der Waals surface area contributed by atoms with Gasteiger partial charge in [0.1, 0.15) is 5.76 Å². The maximum atomic E-state index is 12.9. The summed E-state index contributed by atoms with van der Waals surface area (Å²) in [6, 6.07) is 21.7. The highest BCUT2D eigenvalue weighted by Crippen LogP contribution is 2.15. The molecule has 0 bridgehead atoms. The molecule has 0 saturated carbocycles. The Bertz CT molecular complexity index is 1060. The number of nitrogens with zero attached hydrogens (tertiary/aromatic N) is 1. The quantitative estimate of drug-likeness (QED) is 0.564. The van der Waals surface area contributed by atoms with Gasteiger partial charge < -0.3 is 9.73 Å². The van der Waals surface area contributed by atoms with Crippen LogP contribution in [0.1, 0.15) is 29.9 Å². The zero-order valence-electron chi connectivity index (χ0n) is 16.6. The number of hydrogen-bond acceptors (Lipinski definition) is 4. The van der Waals surface area contributed by atoms with E-state index in [1.807, 2.05) is 55.5 Å². The third-order valence-corrected chi connectivity index (χ3v) is 5.96. The second-order valence-corrected chi connectivity index (χ2v) is 8.62. The highest BCUT2D eigenvalue weighted by atomic mass is 32.2. The summed E-state index contributed by atoms with van der Waals surface area (Å²) in [6.07, 6.45) is 2.98. The lowest BCUT2D eigenvalue weighted by Crippen LogP contribution is -2.40. The molecule has 6 nitrogen and oxygen atoms in total. The smallest absolute Gasteiger partial charge is 0.237 e. The Morgan fingerprint density at radius 3 is 2.33 bits per heavy atom. The molecule has 7 heteroatoms. The minimum Gasteiger partial charge on any atom is -0.468 e. The van der Waals surface area contributed by atoms with Crippen LogP contribution in [-0.4, -0.2) is 25.2 Å². The summed E-state index contributed by atoms with van der Waals surface area (Å²) >= 11 is 0. The van der Waals surface area contributed by atoms with E-state index in [0.29, 0.717) is 5.76 Å². The van der Waals surface area contributed by atoms with Crippen molar-refractivity contribution in [1.29, 1.82) is 0 Å². The van der Waals surface area contributed by atoms with Crippen LogP contribution in [0.5, 0.6) is 0 Å².